The first-order chi connectivity index (χ1) is 15.6. The molecule has 2 saturated heterocycles. The average Bonchev–Trinajstić information content (AvgIpc) is 3.20. The summed E-state index contributed by atoms with van der Waals surface area (Å²) in [4.78, 5) is 15.5. The van der Waals surface area contributed by atoms with Crippen LogP contribution in [0.3, 0.4) is 0 Å². The van der Waals surface area contributed by atoms with E-state index < -0.39 is 0 Å². The summed E-state index contributed by atoms with van der Waals surface area (Å²) in [6.07, 6.45) is 8.08. The van der Waals surface area contributed by atoms with Gasteiger partial charge in [-0.25, -0.2) is 15.0 Å². The van der Waals surface area contributed by atoms with Gasteiger partial charge in [-0.1, -0.05) is 0 Å². The first-order valence-corrected chi connectivity index (χ1v) is 10.9. The number of piperidine rings is 1. The minimum atomic E-state index is 0.453. The lowest BCUT2D eigenvalue weighted by atomic mass is 9.98. The van der Waals surface area contributed by atoms with Gasteiger partial charge in [0.05, 0.1) is 43.6 Å². The van der Waals surface area contributed by atoms with Crippen LogP contribution in [0, 0.1) is 0 Å². The summed E-state index contributed by atoms with van der Waals surface area (Å²) < 4.78 is 10.6. The quantitative estimate of drug-likeness (QED) is 0.629. The van der Waals surface area contributed by atoms with Crippen LogP contribution in [0.4, 0.5) is 5.82 Å². The zero-order valence-corrected chi connectivity index (χ0v) is 18.5. The fraction of sp³-hybridized carbons (Fsp3) is 0.435. The maximum absolute atomic E-state index is 5.51. The number of methoxy groups -OCH3 is 2. The molecular weight excluding hydrogens is 406 g/mol. The Labute approximate surface area is 187 Å². The van der Waals surface area contributed by atoms with Crippen molar-refractivity contribution in [2.24, 2.45) is 0 Å². The van der Waals surface area contributed by atoms with Gasteiger partial charge >= 0.3 is 0 Å². The zero-order chi connectivity index (χ0) is 22.1. The van der Waals surface area contributed by atoms with Gasteiger partial charge in [0.25, 0.3) is 0 Å². The number of ether oxygens (including phenoxy) is 2. The molecule has 0 aromatic carbocycles. The molecule has 2 aliphatic rings. The Balaban J connectivity index is 1.35. The molecule has 1 N–H and O–H groups in total. The van der Waals surface area contributed by atoms with E-state index in [1.54, 1.807) is 26.6 Å². The van der Waals surface area contributed by atoms with Gasteiger partial charge in [-0.15, -0.1) is 10.2 Å². The van der Waals surface area contributed by atoms with E-state index in [0.29, 0.717) is 47.0 Å². The average molecular weight is 434 g/mol. The van der Waals surface area contributed by atoms with E-state index in [1.165, 1.54) is 12.8 Å². The van der Waals surface area contributed by atoms with Crippen molar-refractivity contribution >= 4 is 5.82 Å². The van der Waals surface area contributed by atoms with Gasteiger partial charge in [0.1, 0.15) is 5.69 Å². The van der Waals surface area contributed by atoms with Gasteiger partial charge in [-0.3, -0.25) is 0 Å². The first kappa shape index (κ1) is 20.6. The van der Waals surface area contributed by atoms with Gasteiger partial charge < -0.3 is 19.7 Å². The van der Waals surface area contributed by atoms with Crippen molar-refractivity contribution < 1.29 is 9.47 Å². The Morgan fingerprint density at radius 3 is 2.28 bits per heavy atom. The summed E-state index contributed by atoms with van der Waals surface area (Å²) in [5.41, 5.74) is 2.78. The van der Waals surface area contributed by atoms with Crippen LogP contribution < -0.4 is 19.7 Å². The Kier molecular flexibility index (Phi) is 5.57. The molecule has 3 aromatic rings. The Morgan fingerprint density at radius 2 is 1.66 bits per heavy atom. The van der Waals surface area contributed by atoms with E-state index >= 15 is 0 Å². The molecule has 3 aromatic heterocycles. The number of anilines is 1. The van der Waals surface area contributed by atoms with Crippen molar-refractivity contribution in [3.05, 3.63) is 36.7 Å². The van der Waals surface area contributed by atoms with Gasteiger partial charge in [-0.2, -0.15) is 0 Å². The van der Waals surface area contributed by atoms with Crippen molar-refractivity contribution in [2.75, 3.05) is 26.2 Å². The van der Waals surface area contributed by atoms with E-state index in [2.05, 4.69) is 42.4 Å². The van der Waals surface area contributed by atoms with Gasteiger partial charge in [0, 0.05) is 25.2 Å². The second-order valence-corrected chi connectivity index (χ2v) is 8.35. The molecule has 0 radical (unpaired) electrons. The van der Waals surface area contributed by atoms with E-state index in [9.17, 15) is 0 Å². The van der Waals surface area contributed by atoms with E-state index in [0.717, 1.165) is 24.2 Å². The SMILES string of the molecule is COc1cnc(-c2ccc(-c3ccc(N(C)[C@@H]4C[C@H]5CC[C@@H](C4)N5)nn3)nc2OC)cn1. The zero-order valence-electron chi connectivity index (χ0n) is 18.5. The minimum absolute atomic E-state index is 0.453. The van der Waals surface area contributed by atoms with Crippen LogP contribution in [0.25, 0.3) is 22.6 Å². The normalized spacial score (nSPS) is 21.9. The highest BCUT2D eigenvalue weighted by molar-refractivity contribution is 5.68. The molecule has 2 fully saturated rings. The Bertz CT molecular complexity index is 1060. The summed E-state index contributed by atoms with van der Waals surface area (Å²) in [7, 11) is 5.26. The lowest BCUT2D eigenvalue weighted by Gasteiger charge is -2.36. The molecule has 0 unspecified atom stereocenters. The summed E-state index contributed by atoms with van der Waals surface area (Å²) in [6, 6.07) is 9.55. The van der Waals surface area contributed by atoms with Gasteiger partial charge in [0.2, 0.25) is 11.8 Å². The van der Waals surface area contributed by atoms with Crippen LogP contribution in [0.2, 0.25) is 0 Å². The number of nitrogens with zero attached hydrogens (tertiary/aromatic N) is 6. The van der Waals surface area contributed by atoms with Crippen molar-refractivity contribution in [3.8, 4) is 34.4 Å². The lowest BCUT2D eigenvalue weighted by Crippen LogP contribution is -2.47. The third kappa shape index (κ3) is 3.95. The highest BCUT2D eigenvalue weighted by Gasteiger charge is 2.35. The smallest absolute Gasteiger partial charge is 0.232 e. The maximum atomic E-state index is 5.51. The third-order valence-corrected chi connectivity index (χ3v) is 6.44. The number of fused-ring (bicyclic) bond motifs is 2. The van der Waals surface area contributed by atoms with Gasteiger partial charge in [0.15, 0.2) is 5.82 Å². The van der Waals surface area contributed by atoms with Crippen LogP contribution in [0.5, 0.6) is 11.8 Å². The molecule has 2 aliphatic heterocycles. The number of hydrogen-bond donors (Lipinski definition) is 1. The molecule has 0 amide bonds. The largest absolute Gasteiger partial charge is 0.480 e. The highest BCUT2D eigenvalue weighted by Crippen LogP contribution is 2.32. The maximum Gasteiger partial charge on any atom is 0.232 e. The van der Waals surface area contributed by atoms with Gasteiger partial charge in [-0.05, 0) is 49.9 Å². The lowest BCUT2D eigenvalue weighted by molar-refractivity contribution is 0.353. The van der Waals surface area contributed by atoms with E-state index in [4.69, 9.17) is 9.47 Å². The predicted molar refractivity (Wildman–Crippen MR) is 121 cm³/mol. The monoisotopic (exact) mass is 433 g/mol. The predicted octanol–water partition coefficient (Wildman–Crippen LogP) is 2.73. The summed E-state index contributed by atoms with van der Waals surface area (Å²) >= 11 is 0. The number of nitrogens with one attached hydrogen (secondary N) is 1. The van der Waals surface area contributed by atoms with Crippen molar-refractivity contribution in [3.63, 3.8) is 0 Å². The minimum Gasteiger partial charge on any atom is -0.480 e. The summed E-state index contributed by atoms with van der Waals surface area (Å²) in [6.45, 7) is 0. The molecule has 0 spiro atoms. The van der Waals surface area contributed by atoms with Crippen LogP contribution in [0.1, 0.15) is 25.7 Å². The molecule has 0 saturated carbocycles. The topological polar surface area (TPSA) is 98.2 Å². The molecule has 166 valence electrons. The molecule has 2 bridgehead atoms. The van der Waals surface area contributed by atoms with Crippen LogP contribution in [-0.4, -0.2) is 64.5 Å². The van der Waals surface area contributed by atoms with Crippen LogP contribution in [-0.2, 0) is 0 Å². The number of pyridine rings is 1. The highest BCUT2D eigenvalue weighted by atomic mass is 16.5. The summed E-state index contributed by atoms with van der Waals surface area (Å²) in [5, 5.41) is 12.6. The molecule has 3 atom stereocenters. The van der Waals surface area contributed by atoms with E-state index in [-0.39, 0.29) is 0 Å². The molecule has 32 heavy (non-hydrogen) atoms. The fourth-order valence-electron chi connectivity index (χ4n) is 4.67. The standard InChI is InChI=1S/C23H27N7O2/c1-30(16-10-14-4-5-15(11-16)26-14)21-9-8-19(28-29-21)18-7-6-17(23(27-18)32-3)20-12-25-22(31-2)13-24-20/h6-9,12-16,26H,4-5,10-11H2,1-3H3/t14-,15+,16-. The Hall–Kier alpha value is -3.33. The molecule has 5 rings (SSSR count). The third-order valence-electron chi connectivity index (χ3n) is 6.44. The molecular formula is C23H27N7O2. The number of rotatable bonds is 6. The molecule has 9 heteroatoms. The van der Waals surface area contributed by atoms with E-state index in [1.807, 2.05) is 24.3 Å². The van der Waals surface area contributed by atoms with Crippen LogP contribution >= 0.6 is 0 Å². The second kappa shape index (κ2) is 8.66. The molecule has 5 heterocycles. The van der Waals surface area contributed by atoms with Crippen molar-refractivity contribution in [2.45, 2.75) is 43.8 Å². The Morgan fingerprint density at radius 1 is 0.875 bits per heavy atom. The van der Waals surface area contributed by atoms with Crippen LogP contribution in [0.15, 0.2) is 36.7 Å². The molecule has 9 nitrogen and oxygen atoms in total. The molecule has 0 aliphatic carbocycles. The van der Waals surface area contributed by atoms with Crippen molar-refractivity contribution in [1.29, 1.82) is 0 Å². The van der Waals surface area contributed by atoms with Crippen molar-refractivity contribution in [1.82, 2.24) is 30.5 Å². The first-order valence-electron chi connectivity index (χ1n) is 10.9. The number of aromatic nitrogens is 5. The summed E-state index contributed by atoms with van der Waals surface area (Å²) in [5.74, 6) is 1.79. The number of hydrogen-bond acceptors (Lipinski definition) is 9. The fourth-order valence-corrected chi connectivity index (χ4v) is 4.67. The second-order valence-electron chi connectivity index (χ2n) is 8.35.